The van der Waals surface area contributed by atoms with E-state index in [0.29, 0.717) is 17.5 Å². The first kappa shape index (κ1) is 27.4. The first-order valence-electron chi connectivity index (χ1n) is 13.7. The molecule has 2 aliphatic rings. The van der Waals surface area contributed by atoms with Crippen molar-refractivity contribution in [3.63, 3.8) is 0 Å². The molecule has 4 nitrogen and oxygen atoms in total. The van der Waals surface area contributed by atoms with Gasteiger partial charge in [0, 0.05) is 37.8 Å². The molecule has 0 saturated heterocycles. The molecule has 200 valence electrons. The van der Waals surface area contributed by atoms with E-state index in [9.17, 15) is 4.79 Å². The van der Waals surface area contributed by atoms with E-state index in [4.69, 9.17) is 21.3 Å². The number of nitrogens with zero attached hydrogens (tertiary/aromatic N) is 1. The summed E-state index contributed by atoms with van der Waals surface area (Å²) in [5.74, 6) is 1.44. The average Bonchev–Trinajstić information content (AvgIpc) is 3.30. The summed E-state index contributed by atoms with van der Waals surface area (Å²) in [6, 6.07) is 13.9. The fourth-order valence-electron chi connectivity index (χ4n) is 5.47. The first-order valence-corrected chi connectivity index (χ1v) is 15.7. The van der Waals surface area contributed by atoms with Gasteiger partial charge in [0.15, 0.2) is 0 Å². The molecule has 0 bridgehead atoms. The van der Waals surface area contributed by atoms with Crippen molar-refractivity contribution in [1.82, 2.24) is 5.32 Å². The van der Waals surface area contributed by atoms with Gasteiger partial charge in [0.1, 0.15) is 17.4 Å². The third kappa shape index (κ3) is 6.52. The number of thiophene rings is 1. The van der Waals surface area contributed by atoms with E-state index < -0.39 is 0 Å². The van der Waals surface area contributed by atoms with Crippen molar-refractivity contribution in [2.45, 2.75) is 77.4 Å². The number of hydrogen-bond donors (Lipinski definition) is 1. The Morgan fingerprint density at radius 2 is 2.00 bits per heavy atom. The molecular formula is C31H34BrClN2O2S. The van der Waals surface area contributed by atoms with Crippen LogP contribution in [0.3, 0.4) is 0 Å². The Hall–Kier alpha value is -2.15. The van der Waals surface area contributed by atoms with Gasteiger partial charge in [-0.1, -0.05) is 78.3 Å². The highest BCUT2D eigenvalue weighted by Gasteiger charge is 2.29. The topological polar surface area (TPSA) is 50.7 Å². The van der Waals surface area contributed by atoms with Crippen LogP contribution >= 0.6 is 38.9 Å². The Labute approximate surface area is 243 Å². The van der Waals surface area contributed by atoms with Crippen LogP contribution in [0.4, 0.5) is 5.00 Å². The van der Waals surface area contributed by atoms with E-state index in [1.807, 2.05) is 48.7 Å². The quantitative estimate of drug-likeness (QED) is 0.258. The number of hydrogen-bond acceptors (Lipinski definition) is 4. The van der Waals surface area contributed by atoms with E-state index in [1.165, 1.54) is 36.1 Å². The molecule has 2 aromatic carbocycles. The van der Waals surface area contributed by atoms with Crippen LogP contribution in [-0.4, -0.2) is 18.2 Å². The van der Waals surface area contributed by atoms with Gasteiger partial charge in [0.05, 0.1) is 5.56 Å². The van der Waals surface area contributed by atoms with Crippen LogP contribution in [0.5, 0.6) is 5.75 Å². The Bertz CT molecular complexity index is 1320. The molecule has 1 fully saturated rings. The van der Waals surface area contributed by atoms with Crippen LogP contribution in [0.2, 0.25) is 5.02 Å². The lowest BCUT2D eigenvalue weighted by Gasteiger charge is -2.24. The molecular weight excluding hydrogens is 580 g/mol. The summed E-state index contributed by atoms with van der Waals surface area (Å²) in [6.45, 7) is 2.62. The number of carbonyl (C=O) groups excluding carboxylic acids is 1. The summed E-state index contributed by atoms with van der Waals surface area (Å²) in [4.78, 5) is 19.9. The Balaban J connectivity index is 1.43. The molecule has 1 N–H and O–H groups in total. The van der Waals surface area contributed by atoms with Crippen molar-refractivity contribution < 1.29 is 9.53 Å². The Morgan fingerprint density at radius 3 is 2.79 bits per heavy atom. The summed E-state index contributed by atoms with van der Waals surface area (Å²) >= 11 is 11.6. The second kappa shape index (κ2) is 12.8. The maximum absolute atomic E-state index is 13.6. The number of aliphatic imine (C=N–C) groups is 1. The van der Waals surface area contributed by atoms with Gasteiger partial charge in [-0.05, 0) is 67.9 Å². The smallest absolute Gasteiger partial charge is 0.254 e. The number of nitrogens with one attached hydrogen (secondary N) is 1. The normalized spacial score (nSPS) is 17.9. The lowest BCUT2D eigenvalue weighted by molar-refractivity contribution is 0.0927. The van der Waals surface area contributed by atoms with E-state index in [2.05, 4.69) is 28.2 Å². The number of ether oxygens (including phenoxy) is 1. The highest BCUT2D eigenvalue weighted by molar-refractivity contribution is 9.10. The van der Waals surface area contributed by atoms with Crippen LogP contribution in [0.25, 0.3) is 0 Å². The molecule has 1 heterocycles. The molecule has 3 aromatic rings. The second-order valence-electron chi connectivity index (χ2n) is 10.3. The maximum Gasteiger partial charge on any atom is 0.254 e. The number of amides is 1. The molecule has 0 radical (unpaired) electrons. The monoisotopic (exact) mass is 612 g/mol. The van der Waals surface area contributed by atoms with Crippen molar-refractivity contribution in [2.75, 3.05) is 0 Å². The zero-order valence-corrected chi connectivity index (χ0v) is 24.9. The van der Waals surface area contributed by atoms with Crippen molar-refractivity contribution in [2.24, 2.45) is 10.9 Å². The largest absolute Gasteiger partial charge is 0.488 e. The molecule has 1 amide bonds. The van der Waals surface area contributed by atoms with Crippen LogP contribution in [0, 0.1) is 5.92 Å². The molecule has 2 aliphatic carbocycles. The Morgan fingerprint density at radius 1 is 1.18 bits per heavy atom. The van der Waals surface area contributed by atoms with Gasteiger partial charge in [-0.15, -0.1) is 11.3 Å². The summed E-state index contributed by atoms with van der Waals surface area (Å²) in [7, 11) is 0. The number of carbonyl (C=O) groups is 1. The van der Waals surface area contributed by atoms with Crippen LogP contribution in [0.1, 0.15) is 83.8 Å². The van der Waals surface area contributed by atoms with Gasteiger partial charge in [0.25, 0.3) is 5.91 Å². The molecule has 7 heteroatoms. The van der Waals surface area contributed by atoms with Crippen molar-refractivity contribution in [3.8, 4) is 5.75 Å². The predicted octanol–water partition coefficient (Wildman–Crippen LogP) is 9.07. The average molecular weight is 614 g/mol. The summed E-state index contributed by atoms with van der Waals surface area (Å²) in [5.41, 5.74) is 3.78. The predicted molar refractivity (Wildman–Crippen MR) is 162 cm³/mol. The van der Waals surface area contributed by atoms with Crippen LogP contribution in [0.15, 0.2) is 51.9 Å². The zero-order valence-electron chi connectivity index (χ0n) is 21.8. The third-order valence-electron chi connectivity index (χ3n) is 7.73. The third-order valence-corrected chi connectivity index (χ3v) is 9.75. The molecule has 1 atom stereocenters. The summed E-state index contributed by atoms with van der Waals surface area (Å²) < 4.78 is 7.10. The SMILES string of the molecule is CC[C@H]1CCc2c(sc(N=Cc3cc(Br)ccc3OCc3ccccc3Cl)c2C(=O)NC2CCCCC2)C1. The first-order chi connectivity index (χ1) is 18.5. The lowest BCUT2D eigenvalue weighted by Crippen LogP contribution is -2.36. The van der Waals surface area contributed by atoms with Crippen molar-refractivity contribution in [3.05, 3.63) is 79.1 Å². The van der Waals surface area contributed by atoms with Crippen LogP contribution < -0.4 is 10.1 Å². The van der Waals surface area contributed by atoms with Crippen molar-refractivity contribution >= 4 is 56.0 Å². The zero-order chi connectivity index (χ0) is 26.5. The second-order valence-corrected chi connectivity index (χ2v) is 12.7. The maximum atomic E-state index is 13.6. The van der Waals surface area contributed by atoms with Gasteiger partial charge >= 0.3 is 0 Å². The highest BCUT2D eigenvalue weighted by Crippen LogP contribution is 2.42. The van der Waals surface area contributed by atoms with Gasteiger partial charge < -0.3 is 10.1 Å². The van der Waals surface area contributed by atoms with Crippen LogP contribution in [-0.2, 0) is 19.4 Å². The minimum atomic E-state index is 0.0425. The molecule has 0 aliphatic heterocycles. The molecule has 38 heavy (non-hydrogen) atoms. The summed E-state index contributed by atoms with van der Waals surface area (Å²) in [5, 5.41) is 4.83. The minimum absolute atomic E-state index is 0.0425. The fraction of sp³-hybridized carbons (Fsp3) is 0.419. The van der Waals surface area contributed by atoms with E-state index >= 15 is 0 Å². The minimum Gasteiger partial charge on any atom is -0.488 e. The van der Waals surface area contributed by atoms with Gasteiger partial charge in [0.2, 0.25) is 0 Å². The van der Waals surface area contributed by atoms with E-state index in [0.717, 1.165) is 64.0 Å². The summed E-state index contributed by atoms with van der Waals surface area (Å²) in [6.07, 6.45) is 11.9. The van der Waals surface area contributed by atoms with Crippen molar-refractivity contribution in [1.29, 1.82) is 0 Å². The number of rotatable bonds is 8. The highest BCUT2D eigenvalue weighted by atomic mass is 79.9. The molecule has 0 spiro atoms. The number of halogens is 2. The van der Waals surface area contributed by atoms with Gasteiger partial charge in [-0.2, -0.15) is 0 Å². The standard InChI is InChI=1S/C31H34BrClN2O2S/c1-2-20-12-14-25-28(16-20)38-31(29(25)30(36)35-24-9-4-3-5-10-24)34-18-22-17-23(32)13-15-27(22)37-19-21-8-6-7-11-26(21)33/h6-8,11,13,15,17-18,20,24H,2-5,9-10,12,14,16,19H2,1H3,(H,35,36)/t20-/m0/s1. The van der Waals surface area contributed by atoms with Gasteiger partial charge in [-0.3, -0.25) is 4.79 Å². The molecule has 0 unspecified atom stereocenters. The lowest BCUT2D eigenvalue weighted by atomic mass is 9.85. The molecule has 1 saturated carbocycles. The Kier molecular flexibility index (Phi) is 9.24. The van der Waals surface area contributed by atoms with E-state index in [1.54, 1.807) is 11.3 Å². The van der Waals surface area contributed by atoms with E-state index in [-0.39, 0.29) is 11.9 Å². The number of benzene rings is 2. The number of fused-ring (bicyclic) bond motifs is 1. The molecule has 1 aromatic heterocycles. The fourth-order valence-corrected chi connectivity index (χ4v) is 7.34. The van der Waals surface area contributed by atoms with Gasteiger partial charge in [-0.25, -0.2) is 4.99 Å². The molecule has 5 rings (SSSR count).